The summed E-state index contributed by atoms with van der Waals surface area (Å²) in [5.74, 6) is 0.600. The first-order valence-electron chi connectivity index (χ1n) is 9.06. The molecule has 142 valence electrons. The molecule has 2 heterocycles. The Labute approximate surface area is 162 Å². The van der Waals surface area contributed by atoms with Crippen molar-refractivity contribution in [1.82, 2.24) is 21.3 Å². The number of nitrogens with zero attached hydrogens (tertiary/aromatic N) is 2. The van der Waals surface area contributed by atoms with Gasteiger partial charge in [0.2, 0.25) is 0 Å². The Kier molecular flexibility index (Phi) is 5.27. The Morgan fingerprint density at radius 3 is 2.93 bits per heavy atom. The number of amides is 1. The van der Waals surface area contributed by atoms with Crippen molar-refractivity contribution in [2.24, 2.45) is 5.10 Å². The van der Waals surface area contributed by atoms with E-state index in [1.807, 2.05) is 36.4 Å². The van der Waals surface area contributed by atoms with Gasteiger partial charge in [-0.2, -0.15) is 5.10 Å². The molecule has 7 nitrogen and oxygen atoms in total. The van der Waals surface area contributed by atoms with Crippen molar-refractivity contribution >= 4 is 22.9 Å². The Hall–Kier alpha value is -3.29. The monoisotopic (exact) mass is 375 g/mol. The zero-order valence-electron chi connectivity index (χ0n) is 15.4. The molecule has 0 bridgehead atoms. The Morgan fingerprint density at radius 2 is 2.11 bits per heavy atom. The first-order chi connectivity index (χ1) is 13.8. The fraction of sp³-hybridized carbons (Fsp3) is 0.190. The second kappa shape index (κ2) is 8.16. The summed E-state index contributed by atoms with van der Waals surface area (Å²) in [5, 5.41) is 6.25. The maximum atomic E-state index is 12.5. The number of hydrogen-bond donors (Lipinski definition) is 3. The molecule has 2 unspecified atom stereocenters. The molecule has 28 heavy (non-hydrogen) atoms. The second-order valence-electron chi connectivity index (χ2n) is 6.55. The summed E-state index contributed by atoms with van der Waals surface area (Å²) < 4.78 is 5.58. The van der Waals surface area contributed by atoms with E-state index in [-0.39, 0.29) is 11.9 Å². The Bertz CT molecular complexity index is 1010. The van der Waals surface area contributed by atoms with Crippen molar-refractivity contribution in [3.05, 3.63) is 72.1 Å². The van der Waals surface area contributed by atoms with E-state index in [1.165, 1.54) is 0 Å². The molecule has 1 fully saturated rings. The SMILES string of the molecule is COc1ccc2ccccc2c1C1CC(C(=O)N/N=C/c2cccnc2)NN1. The number of carbonyl (C=O) groups excluding carboxylic acids is 1. The van der Waals surface area contributed by atoms with Gasteiger partial charge in [0.1, 0.15) is 11.8 Å². The molecule has 0 aliphatic carbocycles. The highest BCUT2D eigenvalue weighted by Gasteiger charge is 2.32. The number of nitrogens with one attached hydrogen (secondary N) is 3. The zero-order chi connectivity index (χ0) is 19.3. The van der Waals surface area contributed by atoms with Crippen LogP contribution in [-0.2, 0) is 4.79 Å². The van der Waals surface area contributed by atoms with Crippen LogP contribution in [0.4, 0.5) is 0 Å². The van der Waals surface area contributed by atoms with Crippen LogP contribution in [0.1, 0.15) is 23.6 Å². The first kappa shape index (κ1) is 18.1. The number of methoxy groups -OCH3 is 1. The van der Waals surface area contributed by atoms with Gasteiger partial charge in [0.25, 0.3) is 5.91 Å². The number of pyridine rings is 1. The molecule has 1 aliphatic rings. The lowest BCUT2D eigenvalue weighted by molar-refractivity contribution is -0.122. The van der Waals surface area contributed by atoms with E-state index in [2.05, 4.69) is 38.5 Å². The fourth-order valence-electron chi connectivity index (χ4n) is 3.43. The largest absolute Gasteiger partial charge is 0.496 e. The van der Waals surface area contributed by atoms with Gasteiger partial charge in [-0.3, -0.25) is 9.78 Å². The standard InChI is InChI=1S/C21H21N5O2/c1-28-19-9-8-15-6-2-3-7-16(15)20(19)17-11-18(25-24-17)21(27)26-23-13-14-5-4-10-22-12-14/h2-10,12-13,17-18,24-25H,11H2,1H3,(H,26,27)/b23-13+. The third kappa shape index (κ3) is 3.71. The highest BCUT2D eigenvalue weighted by Crippen LogP contribution is 2.36. The van der Waals surface area contributed by atoms with Crippen LogP contribution in [0, 0.1) is 0 Å². The van der Waals surface area contributed by atoms with E-state index in [0.29, 0.717) is 6.42 Å². The second-order valence-corrected chi connectivity index (χ2v) is 6.55. The molecule has 2 atom stereocenters. The van der Waals surface area contributed by atoms with E-state index in [1.54, 1.807) is 25.7 Å². The average molecular weight is 375 g/mol. The highest BCUT2D eigenvalue weighted by atomic mass is 16.5. The van der Waals surface area contributed by atoms with E-state index in [9.17, 15) is 4.79 Å². The van der Waals surface area contributed by atoms with E-state index in [0.717, 1.165) is 27.6 Å². The van der Waals surface area contributed by atoms with Gasteiger partial charge in [-0.1, -0.05) is 36.4 Å². The van der Waals surface area contributed by atoms with Crippen LogP contribution in [0.3, 0.4) is 0 Å². The molecule has 0 saturated carbocycles. The van der Waals surface area contributed by atoms with Gasteiger partial charge in [-0.25, -0.2) is 16.3 Å². The van der Waals surface area contributed by atoms with Crippen molar-refractivity contribution in [3.8, 4) is 5.75 Å². The maximum absolute atomic E-state index is 12.5. The van der Waals surface area contributed by atoms with E-state index >= 15 is 0 Å². The topological polar surface area (TPSA) is 87.6 Å². The molecular formula is C21H21N5O2. The van der Waals surface area contributed by atoms with Gasteiger partial charge < -0.3 is 4.74 Å². The summed E-state index contributed by atoms with van der Waals surface area (Å²) in [6.45, 7) is 0. The van der Waals surface area contributed by atoms with Gasteiger partial charge in [-0.05, 0) is 29.3 Å². The molecule has 2 aromatic carbocycles. The minimum Gasteiger partial charge on any atom is -0.496 e. The van der Waals surface area contributed by atoms with Gasteiger partial charge in [0.15, 0.2) is 0 Å². The Balaban J connectivity index is 1.48. The number of hydrazine groups is 1. The lowest BCUT2D eigenvalue weighted by atomic mass is 9.95. The van der Waals surface area contributed by atoms with Crippen LogP contribution >= 0.6 is 0 Å². The number of carbonyl (C=O) groups is 1. The predicted octanol–water partition coefficient (Wildman–Crippen LogP) is 2.30. The van der Waals surface area contributed by atoms with Crippen LogP contribution < -0.4 is 21.0 Å². The summed E-state index contributed by atoms with van der Waals surface area (Å²) >= 11 is 0. The van der Waals surface area contributed by atoms with Gasteiger partial charge in [0.05, 0.1) is 19.4 Å². The molecule has 3 aromatic rings. The van der Waals surface area contributed by atoms with Crippen molar-refractivity contribution in [2.45, 2.75) is 18.5 Å². The minimum absolute atomic E-state index is 0.0564. The molecule has 4 rings (SSSR count). The molecule has 0 spiro atoms. The predicted molar refractivity (Wildman–Crippen MR) is 108 cm³/mol. The molecule has 1 saturated heterocycles. The maximum Gasteiger partial charge on any atom is 0.258 e. The zero-order valence-corrected chi connectivity index (χ0v) is 15.4. The third-order valence-electron chi connectivity index (χ3n) is 4.79. The number of hydrogen-bond acceptors (Lipinski definition) is 6. The van der Waals surface area contributed by atoms with E-state index in [4.69, 9.17) is 4.74 Å². The van der Waals surface area contributed by atoms with Crippen LogP contribution in [0.2, 0.25) is 0 Å². The average Bonchev–Trinajstić information content (AvgIpc) is 3.23. The number of fused-ring (bicyclic) bond motifs is 1. The normalized spacial score (nSPS) is 19.2. The smallest absolute Gasteiger partial charge is 0.258 e. The van der Waals surface area contributed by atoms with Crippen molar-refractivity contribution in [2.75, 3.05) is 7.11 Å². The molecule has 7 heteroatoms. The molecule has 0 radical (unpaired) electrons. The van der Waals surface area contributed by atoms with Crippen LogP contribution in [-0.4, -0.2) is 30.3 Å². The number of rotatable bonds is 5. The molecule has 1 amide bonds. The summed E-state index contributed by atoms with van der Waals surface area (Å²) in [6, 6.07) is 15.4. The number of benzene rings is 2. The minimum atomic E-state index is -0.403. The lowest BCUT2D eigenvalue weighted by Gasteiger charge is -2.17. The number of hydrazone groups is 1. The Morgan fingerprint density at radius 1 is 1.21 bits per heavy atom. The summed E-state index contributed by atoms with van der Waals surface area (Å²) in [6.07, 6.45) is 5.51. The number of aromatic nitrogens is 1. The first-order valence-corrected chi connectivity index (χ1v) is 9.06. The quantitative estimate of drug-likeness (QED) is 0.470. The van der Waals surface area contributed by atoms with Crippen LogP contribution in [0.5, 0.6) is 5.75 Å². The lowest BCUT2D eigenvalue weighted by Crippen LogP contribution is -2.41. The highest BCUT2D eigenvalue weighted by molar-refractivity contribution is 5.89. The summed E-state index contributed by atoms with van der Waals surface area (Å²) in [4.78, 5) is 16.5. The molecule has 1 aromatic heterocycles. The van der Waals surface area contributed by atoms with Gasteiger partial charge in [0, 0.05) is 23.5 Å². The van der Waals surface area contributed by atoms with Crippen molar-refractivity contribution in [1.29, 1.82) is 0 Å². The number of ether oxygens (including phenoxy) is 1. The molecule has 3 N–H and O–H groups in total. The van der Waals surface area contributed by atoms with Crippen LogP contribution in [0.15, 0.2) is 66.0 Å². The van der Waals surface area contributed by atoms with Gasteiger partial charge >= 0.3 is 0 Å². The third-order valence-corrected chi connectivity index (χ3v) is 4.79. The molecular weight excluding hydrogens is 354 g/mol. The summed E-state index contributed by atoms with van der Waals surface area (Å²) in [7, 11) is 1.66. The van der Waals surface area contributed by atoms with Crippen molar-refractivity contribution < 1.29 is 9.53 Å². The van der Waals surface area contributed by atoms with Crippen molar-refractivity contribution in [3.63, 3.8) is 0 Å². The molecule has 1 aliphatic heterocycles. The summed E-state index contributed by atoms with van der Waals surface area (Å²) in [5.41, 5.74) is 10.7. The van der Waals surface area contributed by atoms with Crippen LogP contribution in [0.25, 0.3) is 10.8 Å². The fourth-order valence-corrected chi connectivity index (χ4v) is 3.43. The van der Waals surface area contributed by atoms with E-state index < -0.39 is 6.04 Å². The van der Waals surface area contributed by atoms with Gasteiger partial charge in [-0.15, -0.1) is 0 Å².